The minimum absolute atomic E-state index is 0.0343. The number of amides is 4. The van der Waals surface area contributed by atoms with E-state index in [1.807, 2.05) is 67.1 Å². The first-order chi connectivity index (χ1) is 20.8. The smallest absolute Gasteiger partial charge is 0.239 e. The van der Waals surface area contributed by atoms with E-state index in [2.05, 4.69) is 20.9 Å². The molecule has 1 aliphatic rings. The number of fused-ring (bicyclic) bond motifs is 5. The summed E-state index contributed by atoms with van der Waals surface area (Å²) in [6.07, 6.45) is 3.31. The zero-order valence-corrected chi connectivity index (χ0v) is 24.8. The van der Waals surface area contributed by atoms with Gasteiger partial charge < -0.3 is 20.4 Å². The van der Waals surface area contributed by atoms with Crippen molar-refractivity contribution in [2.45, 2.75) is 65.0 Å². The van der Waals surface area contributed by atoms with Crippen LogP contribution in [0.2, 0.25) is 6.32 Å². The second-order valence-corrected chi connectivity index (χ2v) is 10.8. The summed E-state index contributed by atoms with van der Waals surface area (Å²) in [6, 6.07) is 15.7. The van der Waals surface area contributed by atoms with Crippen LogP contribution in [0.15, 0.2) is 48.5 Å². The lowest BCUT2D eigenvalue weighted by molar-refractivity contribution is -0.134. The molecule has 0 saturated carbocycles. The third-order valence-corrected chi connectivity index (χ3v) is 7.23. The van der Waals surface area contributed by atoms with Crippen molar-refractivity contribution in [1.82, 2.24) is 30.5 Å². The van der Waals surface area contributed by atoms with E-state index in [-0.39, 0.29) is 49.7 Å². The molecule has 11 nitrogen and oxygen atoms in total. The van der Waals surface area contributed by atoms with Gasteiger partial charge in [-0.3, -0.25) is 19.2 Å². The highest BCUT2D eigenvalue weighted by Gasteiger charge is 2.26. The molecule has 1 aromatic heterocycles. The van der Waals surface area contributed by atoms with Gasteiger partial charge in [-0.15, -0.1) is 5.10 Å². The van der Waals surface area contributed by atoms with Crippen LogP contribution in [0.1, 0.15) is 45.1 Å². The first-order valence-electron chi connectivity index (χ1n) is 14.7. The molecule has 0 fully saturated rings. The molecule has 0 bridgehead atoms. The predicted molar refractivity (Wildman–Crippen MR) is 165 cm³/mol. The fourth-order valence-corrected chi connectivity index (χ4v) is 5.20. The van der Waals surface area contributed by atoms with Gasteiger partial charge >= 0.3 is 0 Å². The van der Waals surface area contributed by atoms with E-state index in [1.54, 1.807) is 4.90 Å². The summed E-state index contributed by atoms with van der Waals surface area (Å²) in [4.78, 5) is 51.6. The highest BCUT2D eigenvalue weighted by Crippen LogP contribution is 2.40. The largest absolute Gasteiger partial charge is 0.354 e. The van der Waals surface area contributed by atoms with Crippen LogP contribution in [-0.4, -0.2) is 77.5 Å². The molecule has 3 aromatic rings. The SMILES string of the molecule is [B]CC(=O)N(CCNC(=O)CCCCCn1nnc2c1-c1ccccc1CN(C=O)c1ccccc1-2)CC(=O)NC(C)C. The van der Waals surface area contributed by atoms with Crippen LogP contribution in [-0.2, 0) is 32.3 Å². The summed E-state index contributed by atoms with van der Waals surface area (Å²) in [5.41, 5.74) is 5.31. The number of carbonyl (C=O) groups excluding carboxylic acids is 4. The van der Waals surface area contributed by atoms with Gasteiger partial charge in [0.2, 0.25) is 24.1 Å². The molecule has 0 unspecified atom stereocenters. The summed E-state index contributed by atoms with van der Waals surface area (Å²) in [5, 5.41) is 14.6. The normalized spacial score (nSPS) is 11.9. The molecule has 2 aromatic carbocycles. The summed E-state index contributed by atoms with van der Waals surface area (Å²) < 4.78 is 1.92. The number of anilines is 1. The van der Waals surface area contributed by atoms with Gasteiger partial charge in [0.1, 0.15) is 5.69 Å². The second kappa shape index (κ2) is 15.1. The standard InChI is InChI=1S/C31H38BN7O4/c1-22(2)34-28(42)20-37(29(43)18-32)17-15-33-27(41)14-4-3-9-16-39-31-24-11-6-5-10-23(24)19-38(21-40)26-13-8-7-12-25(26)30(31)35-36-39/h5-8,10-13,21-22H,3-4,9,14-20H2,1-2H3,(H,33,41)(H,34,42). The van der Waals surface area contributed by atoms with Crippen LogP contribution in [0.4, 0.5) is 5.69 Å². The molecule has 2 N–H and O–H groups in total. The van der Waals surface area contributed by atoms with E-state index in [4.69, 9.17) is 7.85 Å². The molecule has 1 aliphatic heterocycles. The summed E-state index contributed by atoms with van der Waals surface area (Å²) in [6.45, 7) is 5.12. The molecule has 0 spiro atoms. The molecule has 4 rings (SSSR count). The summed E-state index contributed by atoms with van der Waals surface area (Å²) in [5.74, 6) is -0.719. The molecule has 2 radical (unpaired) electrons. The van der Waals surface area contributed by atoms with Crippen molar-refractivity contribution in [3.8, 4) is 22.5 Å². The Kier molecular flexibility index (Phi) is 11.1. The lowest BCUT2D eigenvalue weighted by Crippen LogP contribution is -2.45. The van der Waals surface area contributed by atoms with Crippen LogP contribution >= 0.6 is 0 Å². The number of unbranched alkanes of at least 4 members (excludes halogenated alkanes) is 2. The van der Waals surface area contributed by atoms with Crippen molar-refractivity contribution in [2.24, 2.45) is 0 Å². The predicted octanol–water partition coefficient (Wildman–Crippen LogP) is 2.71. The summed E-state index contributed by atoms with van der Waals surface area (Å²) >= 11 is 0. The van der Waals surface area contributed by atoms with Gasteiger partial charge in [-0.05, 0) is 44.6 Å². The zero-order valence-electron chi connectivity index (χ0n) is 24.8. The first-order valence-corrected chi connectivity index (χ1v) is 14.7. The third-order valence-electron chi connectivity index (χ3n) is 7.23. The Morgan fingerprint density at radius 3 is 2.51 bits per heavy atom. The molecular formula is C31H38BN7O4. The molecule has 4 amide bonds. The van der Waals surface area contributed by atoms with Crippen LogP contribution < -0.4 is 15.5 Å². The number of nitrogens with one attached hydrogen (secondary N) is 2. The number of aryl methyl sites for hydroxylation is 1. The number of rotatable bonds is 14. The van der Waals surface area contributed by atoms with Crippen LogP contribution in [0.3, 0.4) is 0 Å². The average molecular weight is 584 g/mol. The molecule has 0 saturated heterocycles. The summed E-state index contributed by atoms with van der Waals surface area (Å²) in [7, 11) is 5.48. The molecule has 0 aliphatic carbocycles. The quantitative estimate of drug-likeness (QED) is 0.171. The fraction of sp³-hybridized carbons (Fsp3) is 0.419. The minimum Gasteiger partial charge on any atom is -0.354 e. The van der Waals surface area contributed by atoms with Crippen molar-refractivity contribution in [1.29, 1.82) is 0 Å². The Labute approximate surface area is 253 Å². The first kappa shape index (κ1) is 31.5. The van der Waals surface area contributed by atoms with Gasteiger partial charge in [-0.1, -0.05) is 54.1 Å². The maximum absolute atomic E-state index is 12.4. The second-order valence-electron chi connectivity index (χ2n) is 10.8. The Morgan fingerprint density at radius 2 is 1.77 bits per heavy atom. The van der Waals surface area contributed by atoms with E-state index in [1.165, 1.54) is 4.90 Å². The van der Waals surface area contributed by atoms with Crippen molar-refractivity contribution < 1.29 is 19.2 Å². The van der Waals surface area contributed by atoms with Crippen LogP contribution in [0, 0.1) is 0 Å². The lowest BCUT2D eigenvalue weighted by atomic mass is 9.96. The van der Waals surface area contributed by atoms with Crippen molar-refractivity contribution >= 4 is 37.7 Å². The number of hydrogen-bond acceptors (Lipinski definition) is 6. The highest BCUT2D eigenvalue weighted by atomic mass is 16.2. The molecule has 12 heteroatoms. The van der Waals surface area contributed by atoms with Crippen LogP contribution in [0.5, 0.6) is 0 Å². The topological polar surface area (TPSA) is 130 Å². The van der Waals surface area contributed by atoms with Gasteiger partial charge in [-0.25, -0.2) is 4.68 Å². The Bertz CT molecular complexity index is 1440. The van der Waals surface area contributed by atoms with E-state index in [0.717, 1.165) is 53.0 Å². The molecular weight excluding hydrogens is 545 g/mol. The molecule has 0 atom stereocenters. The molecule has 43 heavy (non-hydrogen) atoms. The van der Waals surface area contributed by atoms with Crippen LogP contribution in [0.25, 0.3) is 22.5 Å². The van der Waals surface area contributed by atoms with E-state index in [9.17, 15) is 19.2 Å². The number of hydrogen-bond donors (Lipinski definition) is 2. The maximum Gasteiger partial charge on any atom is 0.239 e. The van der Waals surface area contributed by atoms with E-state index < -0.39 is 0 Å². The van der Waals surface area contributed by atoms with E-state index >= 15 is 0 Å². The average Bonchev–Trinajstić information content (AvgIpc) is 3.40. The van der Waals surface area contributed by atoms with Gasteiger partial charge in [0.15, 0.2) is 0 Å². The number of benzene rings is 2. The van der Waals surface area contributed by atoms with Gasteiger partial charge in [0.05, 0.1) is 32.3 Å². The number of carbonyl (C=O) groups is 4. The number of nitrogens with zero attached hydrogens (tertiary/aromatic N) is 5. The van der Waals surface area contributed by atoms with Gasteiger partial charge in [0.25, 0.3) is 0 Å². The van der Waals surface area contributed by atoms with Gasteiger partial charge in [0, 0.05) is 43.2 Å². The Hall–Kier alpha value is -4.48. The molecule has 224 valence electrons. The number of para-hydroxylation sites is 1. The minimum atomic E-state index is -0.345. The van der Waals surface area contributed by atoms with Crippen molar-refractivity contribution in [2.75, 3.05) is 24.5 Å². The Morgan fingerprint density at radius 1 is 1.02 bits per heavy atom. The van der Waals surface area contributed by atoms with Crippen molar-refractivity contribution in [3.63, 3.8) is 0 Å². The van der Waals surface area contributed by atoms with E-state index in [0.29, 0.717) is 25.9 Å². The highest BCUT2D eigenvalue weighted by molar-refractivity contribution is 6.19. The third kappa shape index (κ3) is 8.09. The van der Waals surface area contributed by atoms with Gasteiger partial charge in [-0.2, -0.15) is 0 Å². The Balaban J connectivity index is 1.31. The maximum atomic E-state index is 12.4. The number of aromatic nitrogens is 3. The monoisotopic (exact) mass is 583 g/mol. The zero-order chi connectivity index (χ0) is 30.8. The molecule has 2 heterocycles. The lowest BCUT2D eigenvalue weighted by Gasteiger charge is -2.25. The van der Waals surface area contributed by atoms with Crippen molar-refractivity contribution in [3.05, 3.63) is 54.1 Å². The fourth-order valence-electron chi connectivity index (χ4n) is 5.20.